The van der Waals surface area contributed by atoms with Gasteiger partial charge in [-0.15, -0.1) is 0 Å². The number of amides is 3. The van der Waals surface area contributed by atoms with E-state index < -0.39 is 0 Å². The van der Waals surface area contributed by atoms with Crippen molar-refractivity contribution in [2.45, 2.75) is 45.8 Å². The first-order chi connectivity index (χ1) is 16.1. The Morgan fingerprint density at radius 3 is 2.56 bits per heavy atom. The molecular weight excluding hydrogens is 436 g/mol. The number of nitrogens with zero attached hydrogens (tertiary/aromatic N) is 3. The van der Waals surface area contributed by atoms with Crippen LogP contribution in [0.4, 0.5) is 5.69 Å². The van der Waals surface area contributed by atoms with Gasteiger partial charge in [0, 0.05) is 45.3 Å². The summed E-state index contributed by atoms with van der Waals surface area (Å²) in [5, 5.41) is 2.84. The zero-order valence-corrected chi connectivity index (χ0v) is 21.6. The van der Waals surface area contributed by atoms with Crippen LogP contribution in [0.15, 0.2) is 18.2 Å². The lowest BCUT2D eigenvalue weighted by Crippen LogP contribution is -2.50. The molecular formula is C25H40N4O5. The van der Waals surface area contributed by atoms with Gasteiger partial charge in [-0.25, -0.2) is 0 Å². The highest BCUT2D eigenvalue weighted by Crippen LogP contribution is 2.26. The van der Waals surface area contributed by atoms with Crippen LogP contribution in [-0.2, 0) is 14.3 Å². The second kappa shape index (κ2) is 12.7. The first kappa shape index (κ1) is 27.6. The molecule has 0 fully saturated rings. The molecule has 190 valence electrons. The number of carbonyl (C=O) groups excluding carboxylic acids is 3. The fourth-order valence-electron chi connectivity index (χ4n) is 4.01. The summed E-state index contributed by atoms with van der Waals surface area (Å²) < 4.78 is 11.8. The number of fused-ring (bicyclic) bond motifs is 1. The van der Waals surface area contributed by atoms with Crippen molar-refractivity contribution < 1.29 is 23.9 Å². The van der Waals surface area contributed by atoms with Crippen molar-refractivity contribution in [3.05, 3.63) is 23.8 Å². The molecule has 3 amide bonds. The van der Waals surface area contributed by atoms with Gasteiger partial charge in [0.1, 0.15) is 12.4 Å². The van der Waals surface area contributed by atoms with Gasteiger partial charge in [0.2, 0.25) is 11.8 Å². The third-order valence-electron chi connectivity index (χ3n) is 5.98. The van der Waals surface area contributed by atoms with Crippen molar-refractivity contribution in [3.8, 4) is 5.75 Å². The molecule has 1 heterocycles. The van der Waals surface area contributed by atoms with Crippen LogP contribution in [0.2, 0.25) is 0 Å². The minimum Gasteiger partial charge on any atom is -0.491 e. The van der Waals surface area contributed by atoms with Crippen LogP contribution in [0, 0.1) is 5.92 Å². The first-order valence-corrected chi connectivity index (χ1v) is 11.9. The van der Waals surface area contributed by atoms with Gasteiger partial charge in [-0.1, -0.05) is 13.8 Å². The molecule has 0 bridgehead atoms. The minimum absolute atomic E-state index is 0.00706. The van der Waals surface area contributed by atoms with Crippen molar-refractivity contribution in [1.29, 1.82) is 0 Å². The molecule has 3 atom stereocenters. The smallest absolute Gasteiger partial charge is 0.257 e. The lowest BCUT2D eigenvalue weighted by Gasteiger charge is -2.36. The van der Waals surface area contributed by atoms with Crippen molar-refractivity contribution in [2.75, 3.05) is 59.8 Å². The summed E-state index contributed by atoms with van der Waals surface area (Å²) in [7, 11) is 7.07. The maximum atomic E-state index is 13.4. The number of rotatable bonds is 6. The standard InChI is InChI=1S/C25H40N4O5/c1-8-9-23(30)26-19-10-11-21-20(12-19)25(32)28(6)14-22(33-7)17(2)13-29(18(3)16-34-21)24(31)15-27(4)5/h10-12,17-18,22H,8-9,13-16H2,1-7H3,(H,26,30)/t17-,18-,22+/m1/s1. The van der Waals surface area contributed by atoms with Gasteiger partial charge < -0.3 is 29.5 Å². The van der Waals surface area contributed by atoms with E-state index in [4.69, 9.17) is 9.47 Å². The summed E-state index contributed by atoms with van der Waals surface area (Å²) in [4.78, 5) is 43.7. The summed E-state index contributed by atoms with van der Waals surface area (Å²) in [6.45, 7) is 7.28. The largest absolute Gasteiger partial charge is 0.491 e. The summed E-state index contributed by atoms with van der Waals surface area (Å²) in [5.41, 5.74) is 0.903. The van der Waals surface area contributed by atoms with Crippen LogP contribution in [0.5, 0.6) is 5.75 Å². The van der Waals surface area contributed by atoms with E-state index in [0.717, 1.165) is 6.42 Å². The Morgan fingerprint density at radius 1 is 1.24 bits per heavy atom. The Hall–Kier alpha value is -2.65. The van der Waals surface area contributed by atoms with E-state index in [-0.39, 0.29) is 42.4 Å². The highest BCUT2D eigenvalue weighted by Gasteiger charge is 2.30. The maximum absolute atomic E-state index is 13.4. The van der Waals surface area contributed by atoms with Gasteiger partial charge in [0.25, 0.3) is 5.91 Å². The fraction of sp³-hybridized carbons (Fsp3) is 0.640. The molecule has 1 aliphatic rings. The number of carbonyl (C=O) groups is 3. The number of benzene rings is 1. The highest BCUT2D eigenvalue weighted by molar-refractivity contribution is 5.99. The van der Waals surface area contributed by atoms with Gasteiger partial charge in [0.15, 0.2) is 0 Å². The number of likely N-dealkylation sites (N-methyl/N-ethyl adjacent to an activating group) is 2. The summed E-state index contributed by atoms with van der Waals surface area (Å²) in [6, 6.07) is 4.86. The summed E-state index contributed by atoms with van der Waals surface area (Å²) in [5.74, 6) is 0.101. The molecule has 0 unspecified atom stereocenters. The zero-order chi connectivity index (χ0) is 25.4. The quantitative estimate of drug-likeness (QED) is 0.678. The Bertz CT molecular complexity index is 860. The van der Waals surface area contributed by atoms with Crippen LogP contribution in [-0.4, -0.2) is 99.1 Å². The number of hydrogen-bond acceptors (Lipinski definition) is 6. The van der Waals surface area contributed by atoms with Gasteiger partial charge in [0.05, 0.1) is 24.3 Å². The van der Waals surface area contributed by atoms with Crippen LogP contribution in [0.1, 0.15) is 44.0 Å². The molecule has 9 heteroatoms. The first-order valence-electron chi connectivity index (χ1n) is 11.9. The lowest BCUT2D eigenvalue weighted by molar-refractivity contribution is -0.136. The van der Waals surface area contributed by atoms with E-state index in [2.05, 4.69) is 5.32 Å². The number of anilines is 1. The Morgan fingerprint density at radius 2 is 1.94 bits per heavy atom. The number of methoxy groups -OCH3 is 1. The normalized spacial score (nSPS) is 21.9. The summed E-state index contributed by atoms with van der Waals surface area (Å²) >= 11 is 0. The van der Waals surface area contributed by atoms with Crippen LogP contribution in [0.25, 0.3) is 0 Å². The van der Waals surface area contributed by atoms with Crippen molar-refractivity contribution in [1.82, 2.24) is 14.7 Å². The van der Waals surface area contributed by atoms with E-state index in [1.54, 1.807) is 37.3 Å². The van der Waals surface area contributed by atoms with Crippen LogP contribution < -0.4 is 10.1 Å². The topological polar surface area (TPSA) is 91.4 Å². The molecule has 0 aliphatic carbocycles. The molecule has 0 saturated carbocycles. The highest BCUT2D eigenvalue weighted by atomic mass is 16.5. The van der Waals surface area contributed by atoms with E-state index in [9.17, 15) is 14.4 Å². The third kappa shape index (κ3) is 7.43. The fourth-order valence-corrected chi connectivity index (χ4v) is 4.01. The van der Waals surface area contributed by atoms with Crippen LogP contribution >= 0.6 is 0 Å². The molecule has 2 rings (SSSR count). The average molecular weight is 477 g/mol. The average Bonchev–Trinajstić information content (AvgIpc) is 2.77. The molecule has 1 aromatic rings. The monoisotopic (exact) mass is 476 g/mol. The Kier molecular flexibility index (Phi) is 10.3. The number of ether oxygens (including phenoxy) is 2. The molecule has 0 aromatic heterocycles. The van der Waals surface area contributed by atoms with Crippen molar-refractivity contribution in [2.24, 2.45) is 5.92 Å². The molecule has 9 nitrogen and oxygen atoms in total. The SMILES string of the molecule is CCCC(=O)Nc1ccc2c(c1)C(=O)N(C)C[C@H](OC)[C@H](C)CN(C(=O)CN(C)C)[C@H](C)CO2. The third-order valence-corrected chi connectivity index (χ3v) is 5.98. The molecule has 1 aromatic carbocycles. The number of nitrogens with one attached hydrogen (secondary N) is 1. The number of hydrogen-bond donors (Lipinski definition) is 1. The molecule has 0 radical (unpaired) electrons. The Labute approximate surface area is 203 Å². The molecule has 1 N–H and O–H groups in total. The maximum Gasteiger partial charge on any atom is 0.257 e. The van der Waals surface area contributed by atoms with Gasteiger partial charge in [-0.2, -0.15) is 0 Å². The second-order valence-electron chi connectivity index (χ2n) is 9.39. The Balaban J connectivity index is 2.42. The van der Waals surface area contributed by atoms with Crippen LogP contribution in [0.3, 0.4) is 0 Å². The summed E-state index contributed by atoms with van der Waals surface area (Å²) in [6.07, 6.45) is 0.884. The zero-order valence-electron chi connectivity index (χ0n) is 21.6. The van der Waals surface area contributed by atoms with E-state index in [0.29, 0.717) is 43.1 Å². The lowest BCUT2D eigenvalue weighted by atomic mass is 10.0. The predicted octanol–water partition coefficient (Wildman–Crippen LogP) is 2.32. The van der Waals surface area contributed by atoms with Crippen molar-refractivity contribution in [3.63, 3.8) is 0 Å². The van der Waals surface area contributed by atoms with E-state index in [1.165, 1.54) is 0 Å². The molecule has 34 heavy (non-hydrogen) atoms. The van der Waals surface area contributed by atoms with E-state index in [1.807, 2.05) is 44.7 Å². The van der Waals surface area contributed by atoms with Crippen molar-refractivity contribution >= 4 is 23.4 Å². The molecule has 1 aliphatic heterocycles. The minimum atomic E-state index is -0.257. The van der Waals surface area contributed by atoms with Gasteiger partial charge >= 0.3 is 0 Å². The van der Waals surface area contributed by atoms with E-state index >= 15 is 0 Å². The van der Waals surface area contributed by atoms with Gasteiger partial charge in [-0.3, -0.25) is 14.4 Å². The van der Waals surface area contributed by atoms with Gasteiger partial charge in [-0.05, 0) is 45.6 Å². The second-order valence-corrected chi connectivity index (χ2v) is 9.39. The predicted molar refractivity (Wildman–Crippen MR) is 132 cm³/mol. The molecule has 0 saturated heterocycles. The molecule has 0 spiro atoms.